The van der Waals surface area contributed by atoms with Crippen molar-refractivity contribution < 1.29 is 14.1 Å². The van der Waals surface area contributed by atoms with Crippen LogP contribution in [0.1, 0.15) is 36.7 Å². The molecule has 0 fully saturated rings. The topological polar surface area (TPSA) is 64.4 Å². The van der Waals surface area contributed by atoms with Crippen molar-refractivity contribution in [2.45, 2.75) is 26.2 Å². The van der Waals surface area contributed by atoms with Crippen molar-refractivity contribution in [1.29, 1.82) is 0 Å². The zero-order valence-corrected chi connectivity index (χ0v) is 9.08. The summed E-state index contributed by atoms with van der Waals surface area (Å²) < 4.78 is 9.51. The largest absolute Gasteiger partial charge is 0.467 e. The van der Waals surface area contributed by atoms with Crippen LogP contribution in [0, 0.1) is 0 Å². The van der Waals surface area contributed by atoms with Gasteiger partial charge in [-0.25, -0.2) is 0 Å². The molecule has 0 aliphatic carbocycles. The maximum Gasteiger partial charge on any atom is 0.311 e. The van der Waals surface area contributed by atoms with Gasteiger partial charge in [0.15, 0.2) is 5.69 Å². The second-order valence-electron chi connectivity index (χ2n) is 3.20. The first-order chi connectivity index (χ1) is 7.27. The lowest BCUT2D eigenvalue weighted by atomic mass is 10.2. The summed E-state index contributed by atoms with van der Waals surface area (Å²) in [4.78, 5) is 11.4. The summed E-state index contributed by atoms with van der Waals surface area (Å²) in [5, 5.41) is 6.33. The third-order valence-corrected chi connectivity index (χ3v) is 1.99. The summed E-state index contributed by atoms with van der Waals surface area (Å²) >= 11 is 0. The van der Waals surface area contributed by atoms with Gasteiger partial charge >= 0.3 is 5.95 Å². The van der Waals surface area contributed by atoms with Crippen LogP contribution in [0.3, 0.4) is 0 Å². The number of hydrogen-bond acceptors (Lipinski definition) is 4. The van der Waals surface area contributed by atoms with Gasteiger partial charge in [-0.15, -0.1) is 0 Å². The molecule has 0 unspecified atom stereocenters. The lowest BCUT2D eigenvalue weighted by Gasteiger charge is -2.00. The van der Waals surface area contributed by atoms with Crippen LogP contribution in [0.2, 0.25) is 0 Å². The average molecular weight is 212 g/mol. The maximum absolute atomic E-state index is 11.4. The number of hydrogen-bond donors (Lipinski definition) is 1. The van der Waals surface area contributed by atoms with Gasteiger partial charge in [0.05, 0.1) is 13.2 Å². The molecule has 1 heterocycles. The Balaban J connectivity index is 2.33. The predicted molar refractivity (Wildman–Crippen MR) is 54.9 cm³/mol. The fraction of sp³-hybridized carbons (Fsp3) is 0.600. The van der Waals surface area contributed by atoms with E-state index in [0.29, 0.717) is 6.54 Å². The van der Waals surface area contributed by atoms with E-state index in [1.165, 1.54) is 13.2 Å². The zero-order chi connectivity index (χ0) is 11.1. The Morgan fingerprint density at radius 1 is 1.60 bits per heavy atom. The first-order valence-corrected chi connectivity index (χ1v) is 5.06. The fourth-order valence-corrected chi connectivity index (χ4v) is 1.13. The van der Waals surface area contributed by atoms with E-state index in [2.05, 4.69) is 17.4 Å². The Bertz CT molecular complexity index is 309. The first-order valence-electron chi connectivity index (χ1n) is 5.06. The minimum atomic E-state index is -0.224. The Kier molecular flexibility index (Phi) is 4.66. The molecular formula is C10H16N2O3. The van der Waals surface area contributed by atoms with Crippen LogP contribution in [0.4, 0.5) is 0 Å². The van der Waals surface area contributed by atoms with Gasteiger partial charge in [-0.05, 0) is 6.42 Å². The molecular weight excluding hydrogens is 196 g/mol. The van der Waals surface area contributed by atoms with Crippen LogP contribution in [0.25, 0.3) is 0 Å². The van der Waals surface area contributed by atoms with Gasteiger partial charge in [0.1, 0.15) is 0 Å². The molecule has 5 heteroatoms. The van der Waals surface area contributed by atoms with Crippen molar-refractivity contribution >= 4 is 5.91 Å². The van der Waals surface area contributed by atoms with E-state index >= 15 is 0 Å². The highest BCUT2D eigenvalue weighted by atomic mass is 16.6. The van der Waals surface area contributed by atoms with Gasteiger partial charge in [-0.2, -0.15) is 0 Å². The molecule has 1 aromatic rings. The lowest BCUT2D eigenvalue weighted by Crippen LogP contribution is -2.24. The molecule has 0 bridgehead atoms. The Hall–Kier alpha value is -1.52. The Labute approximate surface area is 88.8 Å². The number of rotatable bonds is 6. The number of carbonyl (C=O) groups excluding carboxylic acids is 1. The molecule has 0 aromatic carbocycles. The molecule has 0 spiro atoms. The van der Waals surface area contributed by atoms with E-state index in [4.69, 9.17) is 9.26 Å². The molecule has 84 valence electrons. The molecule has 1 aromatic heterocycles. The van der Waals surface area contributed by atoms with E-state index in [0.717, 1.165) is 19.3 Å². The summed E-state index contributed by atoms with van der Waals surface area (Å²) in [7, 11) is 1.46. The van der Waals surface area contributed by atoms with E-state index in [1.807, 2.05) is 0 Å². The normalized spacial score (nSPS) is 10.0. The predicted octanol–water partition coefficient (Wildman–Crippen LogP) is 1.60. The molecule has 0 aliphatic heterocycles. The summed E-state index contributed by atoms with van der Waals surface area (Å²) in [5.41, 5.74) is 0.253. The highest BCUT2D eigenvalue weighted by Crippen LogP contribution is 2.10. The van der Waals surface area contributed by atoms with E-state index < -0.39 is 0 Å². The summed E-state index contributed by atoms with van der Waals surface area (Å²) in [6.07, 6.45) is 3.23. The molecule has 0 saturated carbocycles. The third-order valence-electron chi connectivity index (χ3n) is 1.99. The van der Waals surface area contributed by atoms with Crippen LogP contribution >= 0.6 is 0 Å². The number of nitrogens with zero attached hydrogens (tertiary/aromatic N) is 1. The van der Waals surface area contributed by atoms with Gasteiger partial charge in [0, 0.05) is 6.54 Å². The smallest absolute Gasteiger partial charge is 0.311 e. The monoisotopic (exact) mass is 212 g/mol. The summed E-state index contributed by atoms with van der Waals surface area (Å²) in [6.45, 7) is 2.78. The second kappa shape index (κ2) is 6.06. The van der Waals surface area contributed by atoms with Crippen molar-refractivity contribution in [3.63, 3.8) is 0 Å². The van der Waals surface area contributed by atoms with Gasteiger partial charge in [-0.3, -0.25) is 4.79 Å². The number of unbranched alkanes of at least 4 members (excludes halogenated alkanes) is 2. The fourth-order valence-electron chi connectivity index (χ4n) is 1.13. The first kappa shape index (κ1) is 11.6. The molecule has 0 aliphatic rings. The quantitative estimate of drug-likeness (QED) is 0.727. The van der Waals surface area contributed by atoms with E-state index in [1.54, 1.807) is 0 Å². The molecule has 0 saturated heterocycles. The van der Waals surface area contributed by atoms with Gasteiger partial charge in [-0.1, -0.05) is 24.9 Å². The van der Waals surface area contributed by atoms with Gasteiger partial charge in [0.2, 0.25) is 0 Å². The van der Waals surface area contributed by atoms with Crippen molar-refractivity contribution in [3.8, 4) is 5.95 Å². The van der Waals surface area contributed by atoms with Crippen molar-refractivity contribution in [2.75, 3.05) is 13.7 Å². The maximum atomic E-state index is 11.4. The van der Waals surface area contributed by atoms with Crippen LogP contribution in [-0.2, 0) is 0 Å². The van der Waals surface area contributed by atoms with Crippen molar-refractivity contribution in [3.05, 3.63) is 11.8 Å². The number of nitrogens with one attached hydrogen (secondary N) is 1. The third kappa shape index (κ3) is 3.61. The Morgan fingerprint density at radius 2 is 2.40 bits per heavy atom. The Morgan fingerprint density at radius 3 is 3.00 bits per heavy atom. The van der Waals surface area contributed by atoms with Crippen LogP contribution in [0.15, 0.2) is 10.6 Å². The molecule has 0 atom stereocenters. The summed E-state index contributed by atoms with van der Waals surface area (Å²) in [6, 6.07) is 1.47. The summed E-state index contributed by atoms with van der Waals surface area (Å²) in [5.74, 6) is 0.0202. The number of ether oxygens (including phenoxy) is 1. The van der Waals surface area contributed by atoms with Crippen molar-refractivity contribution in [2.24, 2.45) is 0 Å². The molecule has 1 amide bonds. The number of amides is 1. The molecule has 5 nitrogen and oxygen atoms in total. The minimum absolute atomic E-state index is 0.224. The lowest BCUT2D eigenvalue weighted by molar-refractivity contribution is 0.0943. The van der Waals surface area contributed by atoms with Crippen LogP contribution < -0.4 is 10.1 Å². The van der Waals surface area contributed by atoms with Crippen LogP contribution in [-0.4, -0.2) is 24.7 Å². The second-order valence-corrected chi connectivity index (χ2v) is 3.20. The SMILES string of the molecule is CCCCCNC(=O)c1cc(OC)on1. The van der Waals surface area contributed by atoms with Crippen molar-refractivity contribution in [1.82, 2.24) is 10.5 Å². The molecule has 1 rings (SSSR count). The highest BCUT2D eigenvalue weighted by molar-refractivity contribution is 5.92. The van der Waals surface area contributed by atoms with Gasteiger partial charge in [0.25, 0.3) is 5.91 Å². The highest BCUT2D eigenvalue weighted by Gasteiger charge is 2.11. The molecule has 15 heavy (non-hydrogen) atoms. The van der Waals surface area contributed by atoms with E-state index in [-0.39, 0.29) is 17.5 Å². The average Bonchev–Trinajstić information content (AvgIpc) is 2.72. The zero-order valence-electron chi connectivity index (χ0n) is 9.08. The van der Waals surface area contributed by atoms with Gasteiger partial charge < -0.3 is 14.6 Å². The number of carbonyl (C=O) groups is 1. The van der Waals surface area contributed by atoms with E-state index in [9.17, 15) is 4.79 Å². The number of aromatic nitrogens is 1. The standard InChI is InChI=1S/C10H16N2O3/c1-3-4-5-6-11-10(13)8-7-9(14-2)15-12-8/h7H,3-6H2,1-2H3,(H,11,13). The number of methoxy groups -OCH3 is 1. The van der Waals surface area contributed by atoms with Crippen LogP contribution in [0.5, 0.6) is 5.95 Å². The molecule has 1 N–H and O–H groups in total. The minimum Gasteiger partial charge on any atom is -0.467 e. The molecule has 0 radical (unpaired) electrons.